The zero-order chi connectivity index (χ0) is 20.0. The highest BCUT2D eigenvalue weighted by Gasteiger charge is 2.25. The Morgan fingerprint density at radius 3 is 2.15 bits per heavy atom. The van der Waals surface area contributed by atoms with Crippen molar-refractivity contribution >= 4 is 0 Å². The van der Waals surface area contributed by atoms with Gasteiger partial charge in [0.1, 0.15) is 30.3 Å². The SMILES string of the molecule is CCC(C)c1ccccc1OCC(O)C(O)c1cccc(O)c1C(C)CC. The molecule has 4 nitrogen and oxygen atoms in total. The van der Waals surface area contributed by atoms with Crippen LogP contribution in [-0.4, -0.2) is 28.0 Å². The van der Waals surface area contributed by atoms with Crippen molar-refractivity contribution < 1.29 is 20.1 Å². The molecule has 0 saturated heterocycles. The molecule has 0 saturated carbocycles. The van der Waals surface area contributed by atoms with E-state index in [0.717, 1.165) is 24.2 Å². The Kier molecular flexibility index (Phi) is 7.69. The molecule has 0 bridgehead atoms. The molecule has 0 fully saturated rings. The number of aliphatic hydroxyl groups excluding tert-OH is 2. The third kappa shape index (κ3) is 5.02. The van der Waals surface area contributed by atoms with Crippen molar-refractivity contribution in [3.05, 3.63) is 59.2 Å². The summed E-state index contributed by atoms with van der Waals surface area (Å²) >= 11 is 0. The average Bonchev–Trinajstić information content (AvgIpc) is 2.70. The monoisotopic (exact) mass is 372 g/mol. The number of phenolic OH excluding ortho intramolecular Hbond substituents is 1. The molecule has 0 aliphatic rings. The number of ether oxygens (including phenoxy) is 1. The Bertz CT molecular complexity index is 728. The average molecular weight is 373 g/mol. The van der Waals surface area contributed by atoms with Gasteiger partial charge in [0.25, 0.3) is 0 Å². The van der Waals surface area contributed by atoms with Crippen LogP contribution in [0.2, 0.25) is 0 Å². The predicted octanol–water partition coefficient (Wildman–Crippen LogP) is 4.89. The molecule has 4 heteroatoms. The quantitative estimate of drug-likeness (QED) is 0.586. The topological polar surface area (TPSA) is 69.9 Å². The van der Waals surface area contributed by atoms with Gasteiger partial charge in [-0.3, -0.25) is 0 Å². The lowest BCUT2D eigenvalue weighted by Gasteiger charge is -2.24. The van der Waals surface area contributed by atoms with Crippen molar-refractivity contribution in [2.24, 2.45) is 0 Å². The molecule has 4 unspecified atom stereocenters. The largest absolute Gasteiger partial charge is 0.508 e. The smallest absolute Gasteiger partial charge is 0.122 e. The van der Waals surface area contributed by atoms with Crippen LogP contribution in [0.3, 0.4) is 0 Å². The van der Waals surface area contributed by atoms with E-state index in [1.807, 2.05) is 38.1 Å². The van der Waals surface area contributed by atoms with Gasteiger partial charge in [-0.1, -0.05) is 58.0 Å². The van der Waals surface area contributed by atoms with Crippen molar-refractivity contribution in [3.8, 4) is 11.5 Å². The number of hydrogen-bond donors (Lipinski definition) is 3. The number of hydrogen-bond acceptors (Lipinski definition) is 4. The first-order valence-corrected chi connectivity index (χ1v) is 9.80. The van der Waals surface area contributed by atoms with Gasteiger partial charge < -0.3 is 20.1 Å². The third-order valence-electron chi connectivity index (χ3n) is 5.38. The molecule has 0 aromatic heterocycles. The second kappa shape index (κ2) is 9.77. The van der Waals surface area contributed by atoms with Crippen LogP contribution in [0.25, 0.3) is 0 Å². The summed E-state index contributed by atoms with van der Waals surface area (Å²) in [5, 5.41) is 31.5. The van der Waals surface area contributed by atoms with E-state index in [1.54, 1.807) is 18.2 Å². The molecule has 2 rings (SSSR count). The van der Waals surface area contributed by atoms with Crippen molar-refractivity contribution in [2.45, 2.75) is 64.6 Å². The van der Waals surface area contributed by atoms with Gasteiger partial charge in [0.05, 0.1) is 0 Å². The van der Waals surface area contributed by atoms with Crippen LogP contribution in [0.1, 0.15) is 75.2 Å². The van der Waals surface area contributed by atoms with E-state index in [2.05, 4.69) is 13.8 Å². The van der Waals surface area contributed by atoms with Crippen LogP contribution in [0.15, 0.2) is 42.5 Å². The molecule has 0 heterocycles. The van der Waals surface area contributed by atoms with Crippen molar-refractivity contribution in [1.29, 1.82) is 0 Å². The Balaban J connectivity index is 2.16. The molecule has 0 amide bonds. The number of aromatic hydroxyl groups is 1. The fraction of sp³-hybridized carbons (Fsp3) is 0.478. The van der Waals surface area contributed by atoms with Gasteiger partial charge in [-0.15, -0.1) is 0 Å². The first-order valence-electron chi connectivity index (χ1n) is 9.80. The van der Waals surface area contributed by atoms with Gasteiger partial charge in [-0.25, -0.2) is 0 Å². The molecular weight excluding hydrogens is 340 g/mol. The zero-order valence-corrected chi connectivity index (χ0v) is 16.7. The summed E-state index contributed by atoms with van der Waals surface area (Å²) in [5.74, 6) is 1.31. The maximum atomic E-state index is 10.7. The Morgan fingerprint density at radius 2 is 1.48 bits per heavy atom. The lowest BCUT2D eigenvalue weighted by atomic mass is 9.89. The van der Waals surface area contributed by atoms with Crippen LogP contribution >= 0.6 is 0 Å². The molecule has 0 aliphatic heterocycles. The minimum atomic E-state index is -1.13. The number of aliphatic hydroxyl groups is 2. The van der Waals surface area contributed by atoms with Gasteiger partial charge in [-0.05, 0) is 47.9 Å². The number of para-hydroxylation sites is 1. The summed E-state index contributed by atoms with van der Waals surface area (Å²) in [6, 6.07) is 12.9. The van der Waals surface area contributed by atoms with Crippen LogP contribution in [0, 0.1) is 0 Å². The van der Waals surface area contributed by atoms with Crippen LogP contribution in [-0.2, 0) is 0 Å². The zero-order valence-electron chi connectivity index (χ0n) is 16.7. The third-order valence-corrected chi connectivity index (χ3v) is 5.38. The molecular formula is C23H32O4. The van der Waals surface area contributed by atoms with Crippen LogP contribution < -0.4 is 4.74 Å². The summed E-state index contributed by atoms with van der Waals surface area (Å²) in [4.78, 5) is 0. The molecule has 3 N–H and O–H groups in total. The van der Waals surface area contributed by atoms with E-state index < -0.39 is 12.2 Å². The normalized spacial score (nSPS) is 15.8. The molecule has 148 valence electrons. The molecule has 2 aromatic rings. The number of phenols is 1. The van der Waals surface area contributed by atoms with E-state index >= 15 is 0 Å². The fourth-order valence-electron chi connectivity index (χ4n) is 3.28. The fourth-order valence-corrected chi connectivity index (χ4v) is 3.28. The molecule has 0 aliphatic carbocycles. The lowest BCUT2D eigenvalue weighted by molar-refractivity contribution is -0.00988. The second-order valence-electron chi connectivity index (χ2n) is 7.26. The molecule has 2 aromatic carbocycles. The van der Waals surface area contributed by atoms with E-state index in [9.17, 15) is 15.3 Å². The summed E-state index contributed by atoms with van der Waals surface area (Å²) in [6.45, 7) is 8.26. The highest BCUT2D eigenvalue weighted by atomic mass is 16.5. The first-order chi connectivity index (χ1) is 12.9. The van der Waals surface area contributed by atoms with Gasteiger partial charge in [0.15, 0.2) is 0 Å². The Labute approximate surface area is 162 Å². The minimum Gasteiger partial charge on any atom is -0.508 e. The second-order valence-corrected chi connectivity index (χ2v) is 7.26. The van der Waals surface area contributed by atoms with Gasteiger partial charge in [0.2, 0.25) is 0 Å². The van der Waals surface area contributed by atoms with Crippen LogP contribution in [0.4, 0.5) is 0 Å². The van der Waals surface area contributed by atoms with Crippen LogP contribution in [0.5, 0.6) is 11.5 Å². The summed E-state index contributed by atoms with van der Waals surface area (Å²) in [6.07, 6.45) is -0.407. The molecule has 0 radical (unpaired) electrons. The van der Waals surface area contributed by atoms with E-state index in [-0.39, 0.29) is 18.3 Å². The maximum Gasteiger partial charge on any atom is 0.122 e. The first kappa shape index (κ1) is 21.3. The van der Waals surface area contributed by atoms with E-state index in [1.165, 1.54) is 0 Å². The highest BCUT2D eigenvalue weighted by Crippen LogP contribution is 2.35. The van der Waals surface area contributed by atoms with E-state index in [0.29, 0.717) is 17.0 Å². The maximum absolute atomic E-state index is 10.7. The van der Waals surface area contributed by atoms with Gasteiger partial charge in [-0.2, -0.15) is 0 Å². The van der Waals surface area contributed by atoms with E-state index in [4.69, 9.17) is 4.74 Å². The highest BCUT2D eigenvalue weighted by molar-refractivity contribution is 5.43. The van der Waals surface area contributed by atoms with Gasteiger partial charge in [0, 0.05) is 5.56 Å². The molecule has 4 atom stereocenters. The Morgan fingerprint density at radius 1 is 0.852 bits per heavy atom. The van der Waals surface area contributed by atoms with Crippen molar-refractivity contribution in [2.75, 3.05) is 6.61 Å². The summed E-state index contributed by atoms with van der Waals surface area (Å²) < 4.78 is 5.85. The summed E-state index contributed by atoms with van der Waals surface area (Å²) in [5.41, 5.74) is 2.33. The Hall–Kier alpha value is -2.04. The molecule has 27 heavy (non-hydrogen) atoms. The lowest BCUT2D eigenvalue weighted by Crippen LogP contribution is -2.27. The van der Waals surface area contributed by atoms with Gasteiger partial charge >= 0.3 is 0 Å². The predicted molar refractivity (Wildman–Crippen MR) is 108 cm³/mol. The standard InChI is InChI=1S/C23H32O4/c1-5-15(3)17-10-7-8-13-21(17)27-14-20(25)23(26)18-11-9-12-19(24)22(18)16(4)6-2/h7-13,15-16,20,23-26H,5-6,14H2,1-4H3. The minimum absolute atomic E-state index is 0.0236. The summed E-state index contributed by atoms with van der Waals surface area (Å²) in [7, 11) is 0. The van der Waals surface area contributed by atoms with Crippen molar-refractivity contribution in [3.63, 3.8) is 0 Å². The van der Waals surface area contributed by atoms with Crippen molar-refractivity contribution in [1.82, 2.24) is 0 Å². The number of benzene rings is 2. The molecule has 0 spiro atoms. The number of rotatable bonds is 9.